The molecule has 1 aromatic carbocycles. The molecule has 1 saturated carbocycles. The topological polar surface area (TPSA) is 66.4 Å². The van der Waals surface area contributed by atoms with Crippen LogP contribution in [0.1, 0.15) is 43.0 Å². The first-order valence-electron chi connectivity index (χ1n) is 6.73. The van der Waals surface area contributed by atoms with E-state index in [1.807, 2.05) is 13.0 Å². The van der Waals surface area contributed by atoms with Gasteiger partial charge in [0.25, 0.3) is 5.91 Å². The molecular weight excluding hydrogens is 322 g/mol. The largest absolute Gasteiger partial charge is 0.481 e. The zero-order chi connectivity index (χ0) is 14.8. The second-order valence-electron chi connectivity index (χ2n) is 5.52. The highest BCUT2D eigenvalue weighted by Gasteiger charge is 2.42. The molecule has 0 radical (unpaired) electrons. The van der Waals surface area contributed by atoms with E-state index in [0.29, 0.717) is 18.4 Å². The molecule has 2 unspecified atom stereocenters. The number of carboxylic acids is 1. The van der Waals surface area contributed by atoms with E-state index in [-0.39, 0.29) is 5.91 Å². The first-order valence-corrected chi connectivity index (χ1v) is 7.52. The van der Waals surface area contributed by atoms with Crippen LogP contribution in [-0.2, 0) is 4.79 Å². The average molecular weight is 340 g/mol. The molecule has 5 heteroatoms. The highest BCUT2D eigenvalue weighted by Crippen LogP contribution is 2.34. The van der Waals surface area contributed by atoms with Gasteiger partial charge in [0.1, 0.15) is 0 Å². The lowest BCUT2D eigenvalue weighted by Crippen LogP contribution is -2.55. The van der Waals surface area contributed by atoms with E-state index in [4.69, 9.17) is 0 Å². The second kappa shape index (κ2) is 5.95. The third kappa shape index (κ3) is 3.20. The minimum absolute atomic E-state index is 0.220. The number of hydrogen-bond acceptors (Lipinski definition) is 2. The van der Waals surface area contributed by atoms with Crippen molar-refractivity contribution in [2.45, 2.75) is 38.1 Å². The zero-order valence-corrected chi connectivity index (χ0v) is 12.9. The molecule has 108 valence electrons. The van der Waals surface area contributed by atoms with Gasteiger partial charge in [-0.05, 0) is 38.0 Å². The molecular formula is C15H18BrNO3. The lowest BCUT2D eigenvalue weighted by atomic mass is 9.73. The maximum atomic E-state index is 12.3. The Labute approximate surface area is 126 Å². The molecule has 0 aliphatic heterocycles. The lowest BCUT2D eigenvalue weighted by molar-refractivity contribution is -0.145. The van der Waals surface area contributed by atoms with E-state index in [1.54, 1.807) is 18.2 Å². The summed E-state index contributed by atoms with van der Waals surface area (Å²) in [5, 5.41) is 12.3. The summed E-state index contributed by atoms with van der Waals surface area (Å²) < 4.78 is 0.828. The van der Waals surface area contributed by atoms with Gasteiger partial charge in [0.15, 0.2) is 0 Å². The van der Waals surface area contributed by atoms with Crippen LogP contribution in [0.25, 0.3) is 0 Å². The van der Waals surface area contributed by atoms with Gasteiger partial charge < -0.3 is 10.4 Å². The van der Waals surface area contributed by atoms with E-state index in [9.17, 15) is 14.7 Å². The fraction of sp³-hybridized carbons (Fsp3) is 0.467. The van der Waals surface area contributed by atoms with E-state index in [2.05, 4.69) is 21.2 Å². The summed E-state index contributed by atoms with van der Waals surface area (Å²) in [4.78, 5) is 23.7. The standard InChI is InChI=1S/C15H18BrNO3/c1-15(8-3-2-7-12(15)14(19)20)17-13(18)10-5-4-6-11(16)9-10/h4-6,9,12H,2-3,7-8H2,1H3,(H,17,18)(H,19,20). The Kier molecular flexibility index (Phi) is 4.48. The van der Waals surface area contributed by atoms with E-state index >= 15 is 0 Å². The summed E-state index contributed by atoms with van der Waals surface area (Å²) in [5.74, 6) is -1.57. The summed E-state index contributed by atoms with van der Waals surface area (Å²) in [6.45, 7) is 1.83. The van der Waals surface area contributed by atoms with Crippen molar-refractivity contribution in [1.82, 2.24) is 5.32 Å². The van der Waals surface area contributed by atoms with Crippen molar-refractivity contribution in [3.05, 3.63) is 34.3 Å². The van der Waals surface area contributed by atoms with Gasteiger partial charge in [0, 0.05) is 10.0 Å². The predicted octanol–water partition coefficient (Wildman–Crippen LogP) is 3.21. The fourth-order valence-electron chi connectivity index (χ4n) is 2.84. The molecule has 1 fully saturated rings. The molecule has 2 atom stereocenters. The fourth-order valence-corrected chi connectivity index (χ4v) is 3.24. The van der Waals surface area contributed by atoms with E-state index in [1.165, 1.54) is 0 Å². The van der Waals surface area contributed by atoms with Gasteiger partial charge in [-0.2, -0.15) is 0 Å². The van der Waals surface area contributed by atoms with Crippen molar-refractivity contribution in [2.24, 2.45) is 5.92 Å². The first-order chi connectivity index (χ1) is 9.42. The van der Waals surface area contributed by atoms with E-state index in [0.717, 1.165) is 17.3 Å². The molecule has 20 heavy (non-hydrogen) atoms. The number of benzene rings is 1. The summed E-state index contributed by atoms with van der Waals surface area (Å²) in [6, 6.07) is 7.09. The van der Waals surface area contributed by atoms with Crippen molar-refractivity contribution in [1.29, 1.82) is 0 Å². The van der Waals surface area contributed by atoms with Gasteiger partial charge in [-0.1, -0.05) is 34.8 Å². The van der Waals surface area contributed by atoms with Gasteiger partial charge in [0.2, 0.25) is 0 Å². The Morgan fingerprint density at radius 2 is 2.15 bits per heavy atom. The number of amides is 1. The number of halogens is 1. The van der Waals surface area contributed by atoms with Gasteiger partial charge in [-0.3, -0.25) is 9.59 Å². The van der Waals surface area contributed by atoms with Crippen LogP contribution in [0.2, 0.25) is 0 Å². The number of carbonyl (C=O) groups is 2. The molecule has 0 bridgehead atoms. The molecule has 1 amide bonds. The third-order valence-corrected chi connectivity index (χ3v) is 4.49. The number of hydrogen-bond donors (Lipinski definition) is 2. The Bertz CT molecular complexity index is 532. The van der Waals surface area contributed by atoms with Crippen molar-refractivity contribution in [3.63, 3.8) is 0 Å². The number of carboxylic acid groups (broad SMARTS) is 1. The molecule has 1 aromatic rings. The van der Waals surface area contributed by atoms with Crippen molar-refractivity contribution < 1.29 is 14.7 Å². The lowest BCUT2D eigenvalue weighted by Gasteiger charge is -2.39. The summed E-state index contributed by atoms with van der Waals surface area (Å²) in [7, 11) is 0. The average Bonchev–Trinajstić information content (AvgIpc) is 2.38. The molecule has 2 rings (SSSR count). The Morgan fingerprint density at radius 3 is 2.80 bits per heavy atom. The summed E-state index contributed by atoms with van der Waals surface area (Å²) in [6.07, 6.45) is 3.16. The van der Waals surface area contributed by atoms with Gasteiger partial charge in [0.05, 0.1) is 11.5 Å². The van der Waals surface area contributed by atoms with Gasteiger partial charge >= 0.3 is 5.97 Å². The molecule has 0 heterocycles. The minimum Gasteiger partial charge on any atom is -0.481 e. The number of aliphatic carboxylic acids is 1. The van der Waals surface area contributed by atoms with Crippen molar-refractivity contribution in [3.8, 4) is 0 Å². The highest BCUT2D eigenvalue weighted by molar-refractivity contribution is 9.10. The van der Waals surface area contributed by atoms with Crippen molar-refractivity contribution in [2.75, 3.05) is 0 Å². The third-order valence-electron chi connectivity index (χ3n) is 3.99. The van der Waals surface area contributed by atoms with Crippen LogP contribution in [-0.4, -0.2) is 22.5 Å². The molecule has 0 spiro atoms. The Hall–Kier alpha value is -1.36. The monoisotopic (exact) mass is 339 g/mol. The summed E-state index contributed by atoms with van der Waals surface area (Å²) >= 11 is 3.33. The van der Waals surface area contributed by atoms with Gasteiger partial charge in [-0.15, -0.1) is 0 Å². The van der Waals surface area contributed by atoms with Crippen LogP contribution >= 0.6 is 15.9 Å². The van der Waals surface area contributed by atoms with Crippen LogP contribution in [0.15, 0.2) is 28.7 Å². The highest BCUT2D eigenvalue weighted by atomic mass is 79.9. The molecule has 0 aromatic heterocycles. The molecule has 4 nitrogen and oxygen atoms in total. The number of rotatable bonds is 3. The van der Waals surface area contributed by atoms with Crippen LogP contribution in [0.5, 0.6) is 0 Å². The quantitative estimate of drug-likeness (QED) is 0.888. The van der Waals surface area contributed by atoms with Crippen LogP contribution in [0.3, 0.4) is 0 Å². The maximum absolute atomic E-state index is 12.3. The van der Waals surface area contributed by atoms with Crippen LogP contribution < -0.4 is 5.32 Å². The number of carbonyl (C=O) groups excluding carboxylic acids is 1. The molecule has 1 aliphatic rings. The first kappa shape index (κ1) is 15.0. The minimum atomic E-state index is -0.832. The van der Waals surface area contributed by atoms with Crippen LogP contribution in [0.4, 0.5) is 0 Å². The number of nitrogens with one attached hydrogen (secondary N) is 1. The van der Waals surface area contributed by atoms with Crippen molar-refractivity contribution >= 4 is 27.8 Å². The predicted molar refractivity (Wildman–Crippen MR) is 79.6 cm³/mol. The smallest absolute Gasteiger partial charge is 0.308 e. The normalized spacial score (nSPS) is 26.0. The Morgan fingerprint density at radius 1 is 1.40 bits per heavy atom. The molecule has 0 saturated heterocycles. The maximum Gasteiger partial charge on any atom is 0.308 e. The van der Waals surface area contributed by atoms with E-state index < -0.39 is 17.4 Å². The zero-order valence-electron chi connectivity index (χ0n) is 11.4. The molecule has 2 N–H and O–H groups in total. The second-order valence-corrected chi connectivity index (χ2v) is 6.43. The summed E-state index contributed by atoms with van der Waals surface area (Å²) in [5.41, 5.74) is -0.140. The Balaban J connectivity index is 2.18. The van der Waals surface area contributed by atoms with Gasteiger partial charge in [-0.25, -0.2) is 0 Å². The van der Waals surface area contributed by atoms with Crippen LogP contribution in [0, 0.1) is 5.92 Å². The molecule has 1 aliphatic carbocycles. The SMILES string of the molecule is CC1(NC(=O)c2cccc(Br)c2)CCCCC1C(=O)O.